The highest BCUT2D eigenvalue weighted by molar-refractivity contribution is 5.97. The van der Waals surface area contributed by atoms with E-state index >= 15 is 0 Å². The topological polar surface area (TPSA) is 55.8 Å². The second-order valence-electron chi connectivity index (χ2n) is 7.45. The molecule has 0 spiro atoms. The zero-order valence-corrected chi connectivity index (χ0v) is 14.7. The summed E-state index contributed by atoms with van der Waals surface area (Å²) in [5, 5.41) is 13.6. The van der Waals surface area contributed by atoms with Gasteiger partial charge in [-0.3, -0.25) is 4.79 Å². The number of hydrogen-bond donors (Lipinski definition) is 2. The van der Waals surface area contributed by atoms with Crippen LogP contribution in [0.25, 0.3) is 0 Å². The number of para-hydroxylation sites is 2. The molecule has 0 radical (unpaired) electrons. The SMILES string of the molecule is CC1CCN(CC(O)CN2CC(C)C(=O)Nc3ccccc32)CC1. The summed E-state index contributed by atoms with van der Waals surface area (Å²) in [4.78, 5) is 16.7. The number of likely N-dealkylation sites (tertiary alicyclic amines) is 1. The van der Waals surface area contributed by atoms with Crippen LogP contribution in [0, 0.1) is 11.8 Å². The van der Waals surface area contributed by atoms with E-state index in [0.29, 0.717) is 19.6 Å². The van der Waals surface area contributed by atoms with Crippen molar-refractivity contribution in [1.29, 1.82) is 0 Å². The van der Waals surface area contributed by atoms with E-state index in [0.717, 1.165) is 30.4 Å². The maximum Gasteiger partial charge on any atom is 0.229 e. The molecular formula is C19H29N3O2. The molecule has 0 aromatic heterocycles. The first-order chi connectivity index (χ1) is 11.5. The fourth-order valence-electron chi connectivity index (χ4n) is 3.65. The minimum Gasteiger partial charge on any atom is -0.390 e. The van der Waals surface area contributed by atoms with Gasteiger partial charge < -0.3 is 20.2 Å². The van der Waals surface area contributed by atoms with E-state index in [-0.39, 0.29) is 11.8 Å². The molecule has 2 aliphatic rings. The molecule has 2 heterocycles. The lowest BCUT2D eigenvalue weighted by Gasteiger charge is -2.34. The van der Waals surface area contributed by atoms with Gasteiger partial charge in [0.1, 0.15) is 0 Å². The first-order valence-corrected chi connectivity index (χ1v) is 9.08. The molecular weight excluding hydrogens is 302 g/mol. The largest absolute Gasteiger partial charge is 0.390 e. The molecule has 1 saturated heterocycles. The van der Waals surface area contributed by atoms with Crippen LogP contribution in [0.2, 0.25) is 0 Å². The maximum atomic E-state index is 12.1. The number of carbonyl (C=O) groups is 1. The Labute approximate surface area is 144 Å². The molecule has 132 valence electrons. The summed E-state index contributed by atoms with van der Waals surface area (Å²) in [6, 6.07) is 7.85. The predicted octanol–water partition coefficient (Wildman–Crippen LogP) is 2.17. The molecule has 24 heavy (non-hydrogen) atoms. The smallest absolute Gasteiger partial charge is 0.229 e. The van der Waals surface area contributed by atoms with Crippen LogP contribution in [-0.2, 0) is 4.79 Å². The number of nitrogens with zero attached hydrogens (tertiary/aromatic N) is 2. The number of hydrogen-bond acceptors (Lipinski definition) is 4. The standard InChI is InChI=1S/C19H29N3O2/c1-14-7-9-21(10-8-14)12-16(23)13-22-11-15(2)19(24)20-17-5-3-4-6-18(17)22/h3-6,14-16,23H,7-13H2,1-2H3,(H,20,24). The van der Waals surface area contributed by atoms with Crippen LogP contribution in [0.1, 0.15) is 26.7 Å². The zero-order valence-electron chi connectivity index (χ0n) is 14.7. The van der Waals surface area contributed by atoms with Gasteiger partial charge in [-0.05, 0) is 44.0 Å². The van der Waals surface area contributed by atoms with Crippen LogP contribution in [0.15, 0.2) is 24.3 Å². The third kappa shape index (κ3) is 4.08. The average Bonchev–Trinajstić information content (AvgIpc) is 2.67. The fourth-order valence-corrected chi connectivity index (χ4v) is 3.65. The van der Waals surface area contributed by atoms with E-state index < -0.39 is 6.10 Å². The van der Waals surface area contributed by atoms with Crippen molar-refractivity contribution in [3.63, 3.8) is 0 Å². The van der Waals surface area contributed by atoms with Crippen molar-refractivity contribution >= 4 is 17.3 Å². The molecule has 0 aliphatic carbocycles. The Kier molecular flexibility index (Phi) is 5.41. The molecule has 1 aromatic rings. The number of aliphatic hydroxyl groups is 1. The lowest BCUT2D eigenvalue weighted by atomic mass is 9.99. The van der Waals surface area contributed by atoms with Gasteiger partial charge in [0.05, 0.1) is 23.4 Å². The second-order valence-corrected chi connectivity index (χ2v) is 7.45. The summed E-state index contributed by atoms with van der Waals surface area (Å²) in [6.07, 6.45) is 2.02. The van der Waals surface area contributed by atoms with E-state index in [1.165, 1.54) is 12.8 Å². The minimum atomic E-state index is -0.410. The first kappa shape index (κ1) is 17.2. The fraction of sp³-hybridized carbons (Fsp3) is 0.632. The predicted molar refractivity (Wildman–Crippen MR) is 97.3 cm³/mol. The Hall–Kier alpha value is -1.59. The number of aliphatic hydroxyl groups excluding tert-OH is 1. The summed E-state index contributed by atoms with van der Waals surface area (Å²) in [5.41, 5.74) is 1.84. The van der Waals surface area contributed by atoms with E-state index in [9.17, 15) is 9.90 Å². The first-order valence-electron chi connectivity index (χ1n) is 9.08. The molecule has 3 rings (SSSR count). The van der Waals surface area contributed by atoms with Crippen LogP contribution >= 0.6 is 0 Å². The molecule has 0 saturated carbocycles. The number of fused-ring (bicyclic) bond motifs is 1. The van der Waals surface area contributed by atoms with Gasteiger partial charge in [0, 0.05) is 19.6 Å². The van der Waals surface area contributed by atoms with Crippen molar-refractivity contribution in [3.05, 3.63) is 24.3 Å². The van der Waals surface area contributed by atoms with E-state index in [1.54, 1.807) is 0 Å². The van der Waals surface area contributed by atoms with Crippen LogP contribution in [0.5, 0.6) is 0 Å². The van der Waals surface area contributed by atoms with Crippen molar-refractivity contribution in [2.75, 3.05) is 42.9 Å². The zero-order chi connectivity index (χ0) is 17.1. The van der Waals surface area contributed by atoms with Gasteiger partial charge in [0.25, 0.3) is 0 Å². The summed E-state index contributed by atoms with van der Waals surface area (Å²) in [5.74, 6) is 0.749. The molecule has 2 N–H and O–H groups in total. The number of rotatable bonds is 4. The third-order valence-corrected chi connectivity index (χ3v) is 5.22. The van der Waals surface area contributed by atoms with Crippen molar-refractivity contribution in [2.24, 2.45) is 11.8 Å². The molecule has 1 fully saturated rings. The van der Waals surface area contributed by atoms with Crippen LogP contribution in [0.4, 0.5) is 11.4 Å². The number of anilines is 2. The number of amides is 1. The van der Waals surface area contributed by atoms with Gasteiger partial charge in [-0.2, -0.15) is 0 Å². The highest BCUT2D eigenvalue weighted by Crippen LogP contribution is 2.30. The second kappa shape index (κ2) is 7.53. The van der Waals surface area contributed by atoms with Crippen LogP contribution < -0.4 is 10.2 Å². The lowest BCUT2D eigenvalue weighted by molar-refractivity contribution is -0.119. The number of piperidine rings is 1. The van der Waals surface area contributed by atoms with E-state index in [4.69, 9.17) is 0 Å². The summed E-state index contributed by atoms with van der Waals surface area (Å²) in [7, 11) is 0. The molecule has 2 unspecified atom stereocenters. The summed E-state index contributed by atoms with van der Waals surface area (Å²) >= 11 is 0. The monoisotopic (exact) mass is 331 g/mol. The van der Waals surface area contributed by atoms with Crippen molar-refractivity contribution < 1.29 is 9.90 Å². The number of nitrogens with one attached hydrogen (secondary N) is 1. The number of β-amino-alcohol motifs (C(OH)–C–C–N with tert-alkyl or cyclic N) is 1. The maximum absolute atomic E-state index is 12.1. The number of carbonyl (C=O) groups excluding carboxylic acids is 1. The average molecular weight is 331 g/mol. The Morgan fingerprint density at radius 1 is 1.21 bits per heavy atom. The van der Waals surface area contributed by atoms with Crippen molar-refractivity contribution in [1.82, 2.24) is 4.90 Å². The van der Waals surface area contributed by atoms with Gasteiger partial charge in [-0.15, -0.1) is 0 Å². The highest BCUT2D eigenvalue weighted by atomic mass is 16.3. The third-order valence-electron chi connectivity index (χ3n) is 5.22. The van der Waals surface area contributed by atoms with Crippen LogP contribution in [0.3, 0.4) is 0 Å². The molecule has 1 aromatic carbocycles. The van der Waals surface area contributed by atoms with E-state index in [2.05, 4.69) is 22.0 Å². The number of benzene rings is 1. The van der Waals surface area contributed by atoms with Gasteiger partial charge >= 0.3 is 0 Å². The van der Waals surface area contributed by atoms with E-state index in [1.807, 2.05) is 31.2 Å². The normalized spacial score (nSPS) is 24.2. The highest BCUT2D eigenvalue weighted by Gasteiger charge is 2.27. The molecule has 0 bridgehead atoms. The summed E-state index contributed by atoms with van der Waals surface area (Å²) < 4.78 is 0. The Morgan fingerprint density at radius 2 is 1.92 bits per heavy atom. The summed E-state index contributed by atoms with van der Waals surface area (Å²) in [6.45, 7) is 8.29. The van der Waals surface area contributed by atoms with Gasteiger partial charge in [-0.25, -0.2) is 0 Å². The van der Waals surface area contributed by atoms with Gasteiger partial charge in [0.15, 0.2) is 0 Å². The van der Waals surface area contributed by atoms with Crippen molar-refractivity contribution in [3.8, 4) is 0 Å². The molecule has 2 aliphatic heterocycles. The molecule has 5 heteroatoms. The lowest BCUT2D eigenvalue weighted by Crippen LogP contribution is -2.44. The Morgan fingerprint density at radius 3 is 2.67 bits per heavy atom. The molecule has 2 atom stereocenters. The quantitative estimate of drug-likeness (QED) is 0.888. The van der Waals surface area contributed by atoms with Crippen molar-refractivity contribution in [2.45, 2.75) is 32.8 Å². The molecule has 5 nitrogen and oxygen atoms in total. The Bertz CT molecular complexity index is 569. The Balaban J connectivity index is 1.65. The molecule has 1 amide bonds. The van der Waals surface area contributed by atoms with Gasteiger partial charge in [-0.1, -0.05) is 26.0 Å². The minimum absolute atomic E-state index is 0.0458. The van der Waals surface area contributed by atoms with Crippen LogP contribution in [-0.4, -0.2) is 54.7 Å². The van der Waals surface area contributed by atoms with Gasteiger partial charge in [0.2, 0.25) is 5.91 Å².